The number of amides is 1. The lowest BCUT2D eigenvalue weighted by atomic mass is 9.92. The molecule has 2 aliphatic heterocycles. The van der Waals surface area contributed by atoms with E-state index in [-0.39, 0.29) is 17.9 Å². The standard InChI is InChI=1S/C31H34N6O2/c1-36-14-4-3-11-26(36)31(38)37-17-21(18-37)24-13-12-20(16-32-24)28-30-25(34-35-28)15-27(39-2)29(33-30)23-10-6-8-19-7-5-9-22(19)23/h6,8,10,12-13,15-16,21,26H,3-5,7,9,11,14,17-18H2,1-2H3,(H,34,35). The summed E-state index contributed by atoms with van der Waals surface area (Å²) in [6.45, 7) is 2.50. The highest BCUT2D eigenvalue weighted by Gasteiger charge is 2.38. The van der Waals surface area contributed by atoms with Gasteiger partial charge in [-0.3, -0.25) is 19.8 Å². The van der Waals surface area contributed by atoms with Gasteiger partial charge in [-0.15, -0.1) is 0 Å². The summed E-state index contributed by atoms with van der Waals surface area (Å²) in [4.78, 5) is 27.1. The Morgan fingerprint density at radius 2 is 1.97 bits per heavy atom. The van der Waals surface area contributed by atoms with Crippen molar-refractivity contribution < 1.29 is 9.53 Å². The van der Waals surface area contributed by atoms with Crippen molar-refractivity contribution in [3.8, 4) is 28.3 Å². The number of ether oxygens (including phenoxy) is 1. The predicted molar refractivity (Wildman–Crippen MR) is 151 cm³/mol. The Morgan fingerprint density at radius 1 is 1.08 bits per heavy atom. The topological polar surface area (TPSA) is 87.2 Å². The summed E-state index contributed by atoms with van der Waals surface area (Å²) in [5.41, 5.74) is 9.17. The lowest BCUT2D eigenvalue weighted by Crippen LogP contribution is -2.56. The van der Waals surface area contributed by atoms with Gasteiger partial charge in [0, 0.05) is 48.1 Å². The molecular weight excluding hydrogens is 488 g/mol. The predicted octanol–water partition coefficient (Wildman–Crippen LogP) is 4.59. The number of fused-ring (bicyclic) bond motifs is 2. The van der Waals surface area contributed by atoms with Gasteiger partial charge in [-0.25, -0.2) is 4.98 Å². The average Bonchev–Trinajstić information content (AvgIpc) is 3.59. The summed E-state index contributed by atoms with van der Waals surface area (Å²) in [5, 5.41) is 7.75. The van der Waals surface area contributed by atoms with E-state index in [2.05, 4.69) is 52.5 Å². The summed E-state index contributed by atoms with van der Waals surface area (Å²) in [6, 6.07) is 12.7. The number of rotatable bonds is 5. The third kappa shape index (κ3) is 4.18. The second-order valence-corrected chi connectivity index (χ2v) is 11.2. The molecule has 4 aromatic rings. The Labute approximate surface area is 228 Å². The Balaban J connectivity index is 1.13. The van der Waals surface area contributed by atoms with Crippen LogP contribution in [0.3, 0.4) is 0 Å². The van der Waals surface area contributed by atoms with Crippen molar-refractivity contribution in [2.24, 2.45) is 0 Å². The van der Waals surface area contributed by atoms with Crippen LogP contribution in [0, 0.1) is 0 Å². The molecule has 8 heteroatoms. The number of benzene rings is 1. The number of aryl methyl sites for hydroxylation is 1. The van der Waals surface area contributed by atoms with Gasteiger partial charge < -0.3 is 9.64 Å². The Hall–Kier alpha value is -3.78. The number of aromatic nitrogens is 4. The van der Waals surface area contributed by atoms with Crippen molar-refractivity contribution >= 4 is 16.9 Å². The first-order chi connectivity index (χ1) is 19.1. The molecule has 0 saturated carbocycles. The molecule has 2 fully saturated rings. The summed E-state index contributed by atoms with van der Waals surface area (Å²) < 4.78 is 5.76. The molecule has 2 saturated heterocycles. The molecule has 0 spiro atoms. The van der Waals surface area contributed by atoms with Crippen LogP contribution >= 0.6 is 0 Å². The van der Waals surface area contributed by atoms with Crippen LogP contribution in [0.4, 0.5) is 0 Å². The molecular formula is C31H34N6O2. The van der Waals surface area contributed by atoms with E-state index < -0.39 is 0 Å². The molecule has 3 aromatic heterocycles. The number of nitrogens with zero attached hydrogens (tertiary/aromatic N) is 5. The van der Waals surface area contributed by atoms with Crippen molar-refractivity contribution in [1.29, 1.82) is 0 Å². The van der Waals surface area contributed by atoms with Crippen LogP contribution < -0.4 is 4.74 Å². The number of carbonyl (C=O) groups excluding carboxylic acids is 1. The van der Waals surface area contributed by atoms with E-state index in [4.69, 9.17) is 14.7 Å². The highest BCUT2D eigenvalue weighted by atomic mass is 16.5. The summed E-state index contributed by atoms with van der Waals surface area (Å²) in [5.74, 6) is 1.30. The van der Waals surface area contributed by atoms with Gasteiger partial charge in [0.1, 0.15) is 22.7 Å². The monoisotopic (exact) mass is 522 g/mol. The van der Waals surface area contributed by atoms with Gasteiger partial charge in [0.05, 0.1) is 18.7 Å². The first-order valence-corrected chi connectivity index (χ1v) is 14.1. The van der Waals surface area contributed by atoms with Gasteiger partial charge in [0.25, 0.3) is 0 Å². The number of nitrogens with one attached hydrogen (secondary N) is 1. The van der Waals surface area contributed by atoms with E-state index >= 15 is 0 Å². The summed E-state index contributed by atoms with van der Waals surface area (Å²) in [7, 11) is 3.76. The van der Waals surface area contributed by atoms with Crippen LogP contribution in [-0.4, -0.2) is 75.7 Å². The fourth-order valence-corrected chi connectivity index (χ4v) is 6.55. The van der Waals surface area contributed by atoms with Crippen molar-refractivity contribution in [2.45, 2.75) is 50.5 Å². The second kappa shape index (κ2) is 9.75. The Bertz CT molecular complexity index is 1540. The Morgan fingerprint density at radius 3 is 2.77 bits per heavy atom. The number of hydrogen-bond donors (Lipinski definition) is 1. The first kappa shape index (κ1) is 24.3. The largest absolute Gasteiger partial charge is 0.494 e. The smallest absolute Gasteiger partial charge is 0.239 e. The number of likely N-dealkylation sites (N-methyl/N-ethyl adjacent to an activating group) is 1. The van der Waals surface area contributed by atoms with Crippen LogP contribution in [0.5, 0.6) is 5.75 Å². The fourth-order valence-electron chi connectivity index (χ4n) is 6.55. The van der Waals surface area contributed by atoms with E-state index in [1.165, 1.54) is 24.0 Å². The zero-order valence-corrected chi connectivity index (χ0v) is 22.6. The number of H-pyrrole nitrogens is 1. The third-order valence-corrected chi connectivity index (χ3v) is 8.85. The van der Waals surface area contributed by atoms with Crippen molar-refractivity contribution in [3.63, 3.8) is 0 Å². The van der Waals surface area contributed by atoms with Gasteiger partial charge in [-0.1, -0.05) is 24.6 Å². The average molecular weight is 523 g/mol. The minimum atomic E-state index is 0.0379. The lowest BCUT2D eigenvalue weighted by Gasteiger charge is -2.43. The van der Waals surface area contributed by atoms with Gasteiger partial charge in [-0.05, 0) is 69.0 Å². The molecule has 200 valence electrons. The SMILES string of the molecule is COc1cc2[nH]nc(-c3ccc(C4CN(C(=O)C5CCCCN5C)C4)nc3)c2nc1-c1cccc2c1CCC2. The van der Waals surface area contributed by atoms with Crippen LogP contribution in [0.15, 0.2) is 42.6 Å². The molecule has 1 unspecified atom stereocenters. The van der Waals surface area contributed by atoms with E-state index in [0.29, 0.717) is 0 Å². The molecule has 1 aliphatic carbocycles. The van der Waals surface area contributed by atoms with Crippen LogP contribution in [0.2, 0.25) is 0 Å². The Kier molecular flexibility index (Phi) is 6.07. The molecule has 39 heavy (non-hydrogen) atoms. The number of likely N-dealkylation sites (tertiary alicyclic amines) is 2. The molecule has 1 N–H and O–H groups in total. The maximum Gasteiger partial charge on any atom is 0.239 e. The molecule has 7 rings (SSSR count). The number of pyridine rings is 2. The molecule has 0 radical (unpaired) electrons. The molecule has 5 heterocycles. The highest BCUT2D eigenvalue weighted by molar-refractivity contribution is 5.93. The third-order valence-electron chi connectivity index (χ3n) is 8.85. The van der Waals surface area contributed by atoms with Gasteiger partial charge in [-0.2, -0.15) is 5.10 Å². The van der Waals surface area contributed by atoms with E-state index in [0.717, 1.165) is 90.3 Å². The van der Waals surface area contributed by atoms with Crippen LogP contribution in [0.1, 0.15) is 48.4 Å². The molecule has 0 bridgehead atoms. The number of methoxy groups -OCH3 is 1. The number of piperidine rings is 1. The zero-order valence-electron chi connectivity index (χ0n) is 22.6. The highest BCUT2D eigenvalue weighted by Crippen LogP contribution is 2.39. The quantitative estimate of drug-likeness (QED) is 0.412. The van der Waals surface area contributed by atoms with Crippen LogP contribution in [-0.2, 0) is 17.6 Å². The number of hydrogen-bond acceptors (Lipinski definition) is 6. The van der Waals surface area contributed by atoms with Crippen molar-refractivity contribution in [1.82, 2.24) is 30.0 Å². The summed E-state index contributed by atoms with van der Waals surface area (Å²) >= 11 is 0. The van der Waals surface area contributed by atoms with Gasteiger partial charge in [0.15, 0.2) is 0 Å². The molecule has 1 amide bonds. The normalized spacial score (nSPS) is 19.7. The number of aromatic amines is 1. The van der Waals surface area contributed by atoms with Crippen molar-refractivity contribution in [3.05, 3.63) is 59.4 Å². The van der Waals surface area contributed by atoms with E-state index in [9.17, 15) is 4.79 Å². The zero-order chi connectivity index (χ0) is 26.5. The fraction of sp³-hybridized carbons (Fsp3) is 0.419. The minimum Gasteiger partial charge on any atom is -0.494 e. The van der Waals surface area contributed by atoms with E-state index in [1.54, 1.807) is 7.11 Å². The molecule has 3 aliphatic rings. The number of carbonyl (C=O) groups is 1. The summed E-state index contributed by atoms with van der Waals surface area (Å²) in [6.07, 6.45) is 8.54. The van der Waals surface area contributed by atoms with Crippen LogP contribution in [0.25, 0.3) is 33.5 Å². The first-order valence-electron chi connectivity index (χ1n) is 14.1. The molecule has 1 atom stereocenters. The molecule has 1 aromatic carbocycles. The maximum atomic E-state index is 13.0. The van der Waals surface area contributed by atoms with Gasteiger partial charge >= 0.3 is 0 Å². The van der Waals surface area contributed by atoms with E-state index in [1.807, 2.05) is 17.2 Å². The molecule has 8 nitrogen and oxygen atoms in total. The van der Waals surface area contributed by atoms with Gasteiger partial charge in [0.2, 0.25) is 5.91 Å². The second-order valence-electron chi connectivity index (χ2n) is 11.2. The lowest BCUT2D eigenvalue weighted by molar-refractivity contribution is -0.142. The van der Waals surface area contributed by atoms with Crippen molar-refractivity contribution in [2.75, 3.05) is 33.8 Å². The minimum absolute atomic E-state index is 0.0379. The maximum absolute atomic E-state index is 13.0.